The summed E-state index contributed by atoms with van der Waals surface area (Å²) in [6, 6.07) is 16.4. The van der Waals surface area contributed by atoms with Crippen LogP contribution < -0.4 is 0 Å². The minimum atomic E-state index is -0.378. The Hall–Kier alpha value is -2.33. The fraction of sp³-hybridized carbons (Fsp3) is 0.391. The first-order valence-corrected chi connectivity index (χ1v) is 10.5. The lowest BCUT2D eigenvalue weighted by molar-refractivity contribution is -0.136. The molecule has 0 N–H and O–H groups in total. The second-order valence-electron chi connectivity index (χ2n) is 8.13. The molecule has 4 nitrogen and oxygen atoms in total. The normalized spacial score (nSPS) is 21.5. The molecule has 1 saturated carbocycles. The maximum absolute atomic E-state index is 13.7. The number of para-hydroxylation sites is 2. The molecule has 3 aromatic rings. The predicted molar refractivity (Wildman–Crippen MR) is 112 cm³/mol. The summed E-state index contributed by atoms with van der Waals surface area (Å²) in [6.07, 6.45) is 6.98. The Morgan fingerprint density at radius 2 is 1.82 bits per heavy atom. The van der Waals surface area contributed by atoms with Gasteiger partial charge < -0.3 is 9.47 Å². The third-order valence-corrected chi connectivity index (χ3v) is 6.84. The second kappa shape index (κ2) is 6.93. The molecule has 28 heavy (non-hydrogen) atoms. The molecule has 0 spiro atoms. The van der Waals surface area contributed by atoms with E-state index in [1.165, 1.54) is 0 Å². The van der Waals surface area contributed by atoms with E-state index in [0.717, 1.165) is 66.8 Å². The van der Waals surface area contributed by atoms with E-state index in [9.17, 15) is 4.79 Å². The second-order valence-corrected chi connectivity index (χ2v) is 8.57. The molecule has 144 valence electrons. The summed E-state index contributed by atoms with van der Waals surface area (Å²) < 4.78 is 2.24. The Bertz CT molecular complexity index is 1000. The van der Waals surface area contributed by atoms with Crippen molar-refractivity contribution in [3.05, 3.63) is 65.4 Å². The molecule has 1 atom stereocenters. The lowest BCUT2D eigenvalue weighted by atomic mass is 9.77. The average molecular weight is 394 g/mol. The van der Waals surface area contributed by atoms with E-state index < -0.39 is 0 Å². The Balaban J connectivity index is 1.41. The number of rotatable bonds is 3. The highest BCUT2D eigenvalue weighted by molar-refractivity contribution is 6.30. The molecule has 2 heterocycles. The first-order valence-electron chi connectivity index (χ1n) is 10.1. The summed E-state index contributed by atoms with van der Waals surface area (Å²) in [4.78, 5) is 20.3. The molecule has 5 rings (SSSR count). The number of carbonyl (C=O) groups excluding carboxylic acids is 1. The van der Waals surface area contributed by atoms with Gasteiger partial charge in [0.2, 0.25) is 5.91 Å². The highest BCUT2D eigenvalue weighted by atomic mass is 35.5. The smallest absolute Gasteiger partial charge is 0.233 e. The minimum Gasteiger partial charge on any atom is -0.340 e. The monoisotopic (exact) mass is 393 g/mol. The standard InChI is InChI=1S/C23H24ClN3O/c24-18-9-7-17(8-10-18)23(12-3-4-13-23)22(28)26-14-11-19(15-26)27-16-25-20-5-1-2-6-21(20)27/h1-2,5-10,16,19H,3-4,11-15H2/t19-/m0/s1. The maximum Gasteiger partial charge on any atom is 0.233 e. The maximum atomic E-state index is 13.7. The third-order valence-electron chi connectivity index (χ3n) is 6.59. The Labute approximate surface area is 170 Å². The van der Waals surface area contributed by atoms with Gasteiger partial charge in [-0.3, -0.25) is 4.79 Å². The number of nitrogens with zero attached hydrogens (tertiary/aromatic N) is 3. The first kappa shape index (κ1) is 17.7. The summed E-state index contributed by atoms with van der Waals surface area (Å²) in [7, 11) is 0. The largest absolute Gasteiger partial charge is 0.340 e. The van der Waals surface area contributed by atoms with Crippen molar-refractivity contribution in [1.29, 1.82) is 0 Å². The zero-order valence-electron chi connectivity index (χ0n) is 15.9. The highest BCUT2D eigenvalue weighted by Crippen LogP contribution is 2.44. The number of halogens is 1. The zero-order chi connectivity index (χ0) is 19.1. The van der Waals surface area contributed by atoms with Crippen molar-refractivity contribution in [1.82, 2.24) is 14.5 Å². The number of benzene rings is 2. The molecule has 0 bridgehead atoms. The van der Waals surface area contributed by atoms with Crippen molar-refractivity contribution < 1.29 is 4.79 Å². The molecular weight excluding hydrogens is 370 g/mol. The van der Waals surface area contributed by atoms with Crippen LogP contribution in [0.3, 0.4) is 0 Å². The van der Waals surface area contributed by atoms with Crippen LogP contribution in [0, 0.1) is 0 Å². The number of fused-ring (bicyclic) bond motifs is 1. The van der Waals surface area contributed by atoms with Crippen LogP contribution in [0.2, 0.25) is 5.02 Å². The number of hydrogen-bond acceptors (Lipinski definition) is 2. The molecule has 5 heteroatoms. The van der Waals surface area contributed by atoms with Crippen LogP contribution in [0.25, 0.3) is 11.0 Å². The van der Waals surface area contributed by atoms with Crippen LogP contribution in [-0.2, 0) is 10.2 Å². The molecule has 1 aromatic heterocycles. The number of aromatic nitrogens is 2. The summed E-state index contributed by atoms with van der Waals surface area (Å²) in [5.41, 5.74) is 2.91. The van der Waals surface area contributed by atoms with Gasteiger partial charge in [0.25, 0.3) is 0 Å². The van der Waals surface area contributed by atoms with E-state index in [4.69, 9.17) is 11.6 Å². The first-order chi connectivity index (χ1) is 13.7. The van der Waals surface area contributed by atoms with Gasteiger partial charge in [0.15, 0.2) is 0 Å². The molecule has 1 saturated heterocycles. The van der Waals surface area contributed by atoms with Crippen LogP contribution in [0.5, 0.6) is 0 Å². The van der Waals surface area contributed by atoms with E-state index in [1.54, 1.807) is 0 Å². The number of imidazole rings is 1. The van der Waals surface area contributed by atoms with Gasteiger partial charge in [-0.15, -0.1) is 0 Å². The van der Waals surface area contributed by atoms with Crippen LogP contribution in [0.15, 0.2) is 54.9 Å². The number of hydrogen-bond donors (Lipinski definition) is 0. The van der Waals surface area contributed by atoms with Crippen molar-refractivity contribution in [3.8, 4) is 0 Å². The number of likely N-dealkylation sites (tertiary alicyclic amines) is 1. The Morgan fingerprint density at radius 1 is 1.07 bits per heavy atom. The molecule has 1 aliphatic carbocycles. The van der Waals surface area contributed by atoms with Crippen molar-refractivity contribution in [2.24, 2.45) is 0 Å². The van der Waals surface area contributed by atoms with Crippen LogP contribution in [0.4, 0.5) is 0 Å². The third kappa shape index (κ3) is 2.82. The van der Waals surface area contributed by atoms with Gasteiger partial charge in [-0.1, -0.05) is 48.7 Å². The van der Waals surface area contributed by atoms with Gasteiger partial charge in [0, 0.05) is 18.1 Å². The molecule has 0 unspecified atom stereocenters. The van der Waals surface area contributed by atoms with Gasteiger partial charge in [-0.25, -0.2) is 4.98 Å². The SMILES string of the molecule is O=C(N1CC[C@H](n2cnc3ccccc32)C1)C1(c2ccc(Cl)cc2)CCCC1. The molecule has 2 fully saturated rings. The number of carbonyl (C=O) groups is 1. The summed E-state index contributed by atoms with van der Waals surface area (Å²) >= 11 is 6.09. The molecule has 2 aromatic carbocycles. The quantitative estimate of drug-likeness (QED) is 0.629. The van der Waals surface area contributed by atoms with E-state index in [0.29, 0.717) is 11.9 Å². The van der Waals surface area contributed by atoms with Gasteiger partial charge in [-0.05, 0) is 49.1 Å². The van der Waals surface area contributed by atoms with Crippen molar-refractivity contribution in [2.45, 2.75) is 43.6 Å². The summed E-state index contributed by atoms with van der Waals surface area (Å²) in [6.45, 7) is 1.57. The molecule has 2 aliphatic rings. The lowest BCUT2D eigenvalue weighted by Gasteiger charge is -2.33. The summed E-state index contributed by atoms with van der Waals surface area (Å²) in [5.74, 6) is 0.291. The van der Waals surface area contributed by atoms with Crippen molar-refractivity contribution >= 4 is 28.5 Å². The Morgan fingerprint density at radius 3 is 2.61 bits per heavy atom. The fourth-order valence-corrected chi connectivity index (χ4v) is 5.22. The van der Waals surface area contributed by atoms with Gasteiger partial charge in [0.05, 0.1) is 28.8 Å². The van der Waals surface area contributed by atoms with E-state index in [1.807, 2.05) is 48.8 Å². The predicted octanol–water partition coefficient (Wildman–Crippen LogP) is 4.98. The van der Waals surface area contributed by atoms with Gasteiger partial charge in [-0.2, -0.15) is 0 Å². The topological polar surface area (TPSA) is 38.1 Å². The average Bonchev–Trinajstić information content (AvgIpc) is 3.47. The molecule has 1 amide bonds. The molecule has 1 aliphatic heterocycles. The minimum absolute atomic E-state index is 0.291. The van der Waals surface area contributed by atoms with E-state index in [2.05, 4.69) is 20.5 Å². The summed E-state index contributed by atoms with van der Waals surface area (Å²) in [5, 5.41) is 0.720. The van der Waals surface area contributed by atoms with Crippen LogP contribution in [-0.4, -0.2) is 33.4 Å². The lowest BCUT2D eigenvalue weighted by Crippen LogP contribution is -2.44. The van der Waals surface area contributed by atoms with E-state index in [-0.39, 0.29) is 5.41 Å². The fourth-order valence-electron chi connectivity index (χ4n) is 5.10. The van der Waals surface area contributed by atoms with Crippen LogP contribution >= 0.6 is 11.6 Å². The van der Waals surface area contributed by atoms with Crippen LogP contribution in [0.1, 0.15) is 43.7 Å². The number of amides is 1. The van der Waals surface area contributed by atoms with E-state index >= 15 is 0 Å². The molecule has 0 radical (unpaired) electrons. The molecular formula is C23H24ClN3O. The van der Waals surface area contributed by atoms with Crippen molar-refractivity contribution in [3.63, 3.8) is 0 Å². The Kier molecular flexibility index (Phi) is 4.39. The zero-order valence-corrected chi connectivity index (χ0v) is 16.6. The van der Waals surface area contributed by atoms with Gasteiger partial charge in [0.1, 0.15) is 0 Å². The van der Waals surface area contributed by atoms with Gasteiger partial charge >= 0.3 is 0 Å². The highest BCUT2D eigenvalue weighted by Gasteiger charge is 2.46. The van der Waals surface area contributed by atoms with Crippen molar-refractivity contribution in [2.75, 3.05) is 13.1 Å².